The SMILES string of the molecule is CCC(C)C(NC(=O)c1ccccc1)C(=O)NCC(C)CO. The van der Waals surface area contributed by atoms with Gasteiger partial charge in [0, 0.05) is 18.7 Å². The van der Waals surface area contributed by atoms with Crippen molar-refractivity contribution in [2.24, 2.45) is 11.8 Å². The van der Waals surface area contributed by atoms with Crippen molar-refractivity contribution < 1.29 is 14.7 Å². The summed E-state index contributed by atoms with van der Waals surface area (Å²) in [5.74, 6) is -0.446. The van der Waals surface area contributed by atoms with Crippen molar-refractivity contribution in [3.63, 3.8) is 0 Å². The number of hydrogen-bond donors (Lipinski definition) is 3. The Labute approximate surface area is 132 Å². The molecule has 0 aliphatic rings. The summed E-state index contributed by atoms with van der Waals surface area (Å²) in [4.78, 5) is 24.6. The van der Waals surface area contributed by atoms with Crippen LogP contribution in [0.15, 0.2) is 30.3 Å². The number of hydrogen-bond acceptors (Lipinski definition) is 3. The molecule has 5 nitrogen and oxygen atoms in total. The Kier molecular flexibility index (Phi) is 7.60. The third-order valence-electron chi connectivity index (χ3n) is 3.75. The lowest BCUT2D eigenvalue weighted by Gasteiger charge is -2.24. The summed E-state index contributed by atoms with van der Waals surface area (Å²) < 4.78 is 0. The number of aliphatic hydroxyl groups excluding tert-OH is 1. The van der Waals surface area contributed by atoms with Gasteiger partial charge < -0.3 is 15.7 Å². The lowest BCUT2D eigenvalue weighted by molar-refractivity contribution is -0.124. The van der Waals surface area contributed by atoms with E-state index in [1.165, 1.54) is 0 Å². The predicted octanol–water partition coefficient (Wildman–Crippen LogP) is 1.58. The van der Waals surface area contributed by atoms with Gasteiger partial charge in [-0.3, -0.25) is 9.59 Å². The third-order valence-corrected chi connectivity index (χ3v) is 3.75. The van der Waals surface area contributed by atoms with Gasteiger partial charge in [0.05, 0.1) is 0 Å². The molecule has 0 aliphatic heterocycles. The Hall–Kier alpha value is -1.88. The van der Waals surface area contributed by atoms with Crippen molar-refractivity contribution in [2.45, 2.75) is 33.2 Å². The van der Waals surface area contributed by atoms with Crippen molar-refractivity contribution in [3.05, 3.63) is 35.9 Å². The van der Waals surface area contributed by atoms with Crippen LogP contribution in [-0.2, 0) is 4.79 Å². The van der Waals surface area contributed by atoms with Crippen molar-refractivity contribution in [1.29, 1.82) is 0 Å². The highest BCUT2D eigenvalue weighted by atomic mass is 16.3. The maximum absolute atomic E-state index is 12.3. The second-order valence-corrected chi connectivity index (χ2v) is 5.74. The van der Waals surface area contributed by atoms with Crippen LogP contribution >= 0.6 is 0 Å². The molecule has 1 aromatic carbocycles. The van der Waals surface area contributed by atoms with Crippen LogP contribution in [-0.4, -0.2) is 36.1 Å². The lowest BCUT2D eigenvalue weighted by Crippen LogP contribution is -2.51. The minimum Gasteiger partial charge on any atom is -0.396 e. The van der Waals surface area contributed by atoms with Crippen LogP contribution in [0.1, 0.15) is 37.6 Å². The number of rotatable bonds is 8. The monoisotopic (exact) mass is 306 g/mol. The van der Waals surface area contributed by atoms with Gasteiger partial charge in [-0.15, -0.1) is 0 Å². The number of amides is 2. The van der Waals surface area contributed by atoms with E-state index in [0.29, 0.717) is 12.1 Å². The van der Waals surface area contributed by atoms with E-state index in [-0.39, 0.29) is 30.3 Å². The molecule has 3 N–H and O–H groups in total. The summed E-state index contributed by atoms with van der Waals surface area (Å²) >= 11 is 0. The second kappa shape index (κ2) is 9.20. The fourth-order valence-corrected chi connectivity index (χ4v) is 1.97. The van der Waals surface area contributed by atoms with E-state index in [2.05, 4.69) is 10.6 Å². The molecule has 0 saturated carbocycles. The molecule has 0 bridgehead atoms. The number of aliphatic hydroxyl groups is 1. The minimum atomic E-state index is -0.580. The first-order valence-corrected chi connectivity index (χ1v) is 7.74. The van der Waals surface area contributed by atoms with Crippen LogP contribution in [0.4, 0.5) is 0 Å². The number of carbonyl (C=O) groups is 2. The minimum absolute atomic E-state index is 0.00800. The number of carbonyl (C=O) groups excluding carboxylic acids is 2. The average molecular weight is 306 g/mol. The van der Waals surface area contributed by atoms with E-state index in [0.717, 1.165) is 6.42 Å². The van der Waals surface area contributed by atoms with E-state index < -0.39 is 6.04 Å². The van der Waals surface area contributed by atoms with Crippen LogP contribution in [0.5, 0.6) is 0 Å². The Morgan fingerprint density at radius 3 is 2.36 bits per heavy atom. The molecule has 1 rings (SSSR count). The van der Waals surface area contributed by atoms with Crippen LogP contribution in [0.2, 0.25) is 0 Å². The maximum atomic E-state index is 12.3. The van der Waals surface area contributed by atoms with Gasteiger partial charge in [-0.2, -0.15) is 0 Å². The van der Waals surface area contributed by atoms with E-state index in [1.54, 1.807) is 24.3 Å². The van der Waals surface area contributed by atoms with Gasteiger partial charge in [0.25, 0.3) is 5.91 Å². The summed E-state index contributed by atoms with van der Waals surface area (Å²) in [6, 6.07) is 8.27. The molecule has 5 heteroatoms. The third kappa shape index (κ3) is 5.48. The second-order valence-electron chi connectivity index (χ2n) is 5.74. The zero-order valence-electron chi connectivity index (χ0n) is 13.5. The first-order chi connectivity index (χ1) is 10.5. The Balaban J connectivity index is 2.72. The molecule has 0 saturated heterocycles. The molecule has 0 aliphatic carbocycles. The summed E-state index contributed by atoms with van der Waals surface area (Å²) in [6.07, 6.45) is 0.780. The van der Waals surface area contributed by atoms with Crippen molar-refractivity contribution >= 4 is 11.8 Å². The molecule has 122 valence electrons. The van der Waals surface area contributed by atoms with Gasteiger partial charge in [0.1, 0.15) is 6.04 Å². The molecular weight excluding hydrogens is 280 g/mol. The highest BCUT2D eigenvalue weighted by molar-refractivity contribution is 5.97. The van der Waals surface area contributed by atoms with E-state index in [9.17, 15) is 9.59 Å². The van der Waals surface area contributed by atoms with Crippen molar-refractivity contribution in [2.75, 3.05) is 13.2 Å². The largest absolute Gasteiger partial charge is 0.396 e. The summed E-state index contributed by atoms with van der Waals surface area (Å²) in [5, 5.41) is 14.6. The Bertz CT molecular complexity index is 476. The molecule has 0 spiro atoms. The fraction of sp³-hybridized carbons (Fsp3) is 0.529. The van der Waals surface area contributed by atoms with E-state index in [1.807, 2.05) is 26.8 Å². The molecule has 2 amide bonds. The van der Waals surface area contributed by atoms with E-state index in [4.69, 9.17) is 5.11 Å². The Morgan fingerprint density at radius 1 is 1.18 bits per heavy atom. The fourth-order valence-electron chi connectivity index (χ4n) is 1.97. The first-order valence-electron chi connectivity index (χ1n) is 7.74. The van der Waals surface area contributed by atoms with Crippen molar-refractivity contribution in [1.82, 2.24) is 10.6 Å². The lowest BCUT2D eigenvalue weighted by atomic mass is 9.97. The van der Waals surface area contributed by atoms with Gasteiger partial charge in [-0.25, -0.2) is 0 Å². The van der Waals surface area contributed by atoms with Crippen molar-refractivity contribution in [3.8, 4) is 0 Å². The molecular formula is C17H26N2O3. The summed E-state index contributed by atoms with van der Waals surface area (Å²) in [7, 11) is 0. The summed E-state index contributed by atoms with van der Waals surface area (Å²) in [5.41, 5.74) is 0.535. The zero-order chi connectivity index (χ0) is 16.5. The van der Waals surface area contributed by atoms with Gasteiger partial charge in [0.15, 0.2) is 0 Å². The molecule has 3 unspecified atom stereocenters. The molecule has 0 radical (unpaired) electrons. The van der Waals surface area contributed by atoms with Gasteiger partial charge >= 0.3 is 0 Å². The van der Waals surface area contributed by atoms with Gasteiger partial charge in [-0.05, 0) is 24.0 Å². The van der Waals surface area contributed by atoms with Crippen LogP contribution in [0.25, 0.3) is 0 Å². The zero-order valence-corrected chi connectivity index (χ0v) is 13.5. The molecule has 0 fully saturated rings. The quantitative estimate of drug-likeness (QED) is 0.682. The Morgan fingerprint density at radius 2 is 1.82 bits per heavy atom. The summed E-state index contributed by atoms with van der Waals surface area (Å²) in [6.45, 7) is 6.18. The molecule has 0 heterocycles. The molecule has 0 aromatic heterocycles. The van der Waals surface area contributed by atoms with Crippen LogP contribution in [0, 0.1) is 11.8 Å². The average Bonchev–Trinajstić information content (AvgIpc) is 2.56. The number of nitrogens with one attached hydrogen (secondary N) is 2. The van der Waals surface area contributed by atoms with Gasteiger partial charge in [-0.1, -0.05) is 45.4 Å². The standard InChI is InChI=1S/C17H26N2O3/c1-4-13(3)15(17(22)18-10-12(2)11-20)19-16(21)14-8-6-5-7-9-14/h5-9,12-13,15,20H,4,10-11H2,1-3H3,(H,18,22)(H,19,21). The van der Waals surface area contributed by atoms with E-state index >= 15 is 0 Å². The van der Waals surface area contributed by atoms with Crippen LogP contribution < -0.4 is 10.6 Å². The highest BCUT2D eigenvalue weighted by Crippen LogP contribution is 2.10. The number of benzene rings is 1. The molecule has 22 heavy (non-hydrogen) atoms. The first kappa shape index (κ1) is 18.2. The molecule has 3 atom stereocenters. The normalized spacial score (nSPS) is 14.7. The smallest absolute Gasteiger partial charge is 0.251 e. The van der Waals surface area contributed by atoms with Gasteiger partial charge in [0.2, 0.25) is 5.91 Å². The topological polar surface area (TPSA) is 78.4 Å². The maximum Gasteiger partial charge on any atom is 0.251 e. The highest BCUT2D eigenvalue weighted by Gasteiger charge is 2.26. The molecule has 1 aromatic rings. The predicted molar refractivity (Wildman–Crippen MR) is 86.4 cm³/mol. The van der Waals surface area contributed by atoms with Crippen LogP contribution in [0.3, 0.4) is 0 Å².